The number of nitrogens with one attached hydrogen (secondary N) is 1. The van der Waals surface area contributed by atoms with Gasteiger partial charge in [-0.3, -0.25) is 9.69 Å². The van der Waals surface area contributed by atoms with Gasteiger partial charge in [0.15, 0.2) is 0 Å². The maximum Gasteiger partial charge on any atom is 0.258 e. The Balaban J connectivity index is 1.57. The fourth-order valence-electron chi connectivity index (χ4n) is 3.09. The highest BCUT2D eigenvalue weighted by Gasteiger charge is 2.16. The van der Waals surface area contributed by atoms with Crippen molar-refractivity contribution in [3.8, 4) is 0 Å². The lowest BCUT2D eigenvalue weighted by atomic mass is 10.1. The minimum absolute atomic E-state index is 0.0210. The van der Waals surface area contributed by atoms with E-state index < -0.39 is 11.7 Å². The molecule has 1 heterocycles. The molecule has 3 rings (SSSR count). The van der Waals surface area contributed by atoms with Gasteiger partial charge in [0.25, 0.3) is 5.91 Å². The zero-order chi connectivity index (χ0) is 18.5. The van der Waals surface area contributed by atoms with Gasteiger partial charge in [0, 0.05) is 43.4 Å². The highest BCUT2D eigenvalue weighted by atomic mass is 35.5. The van der Waals surface area contributed by atoms with E-state index >= 15 is 0 Å². The monoisotopic (exact) mass is 375 g/mol. The lowest BCUT2D eigenvalue weighted by molar-refractivity contribution is 0.102. The fourth-order valence-corrected chi connectivity index (χ4v) is 3.25. The van der Waals surface area contributed by atoms with Crippen LogP contribution >= 0.6 is 11.6 Å². The quantitative estimate of drug-likeness (QED) is 0.861. The van der Waals surface area contributed by atoms with Crippen molar-refractivity contribution in [2.45, 2.75) is 13.5 Å². The summed E-state index contributed by atoms with van der Waals surface area (Å²) in [4.78, 5) is 17.1. The zero-order valence-corrected chi connectivity index (χ0v) is 15.6. The lowest BCUT2D eigenvalue weighted by Crippen LogP contribution is -2.45. The molecule has 0 aromatic heterocycles. The van der Waals surface area contributed by atoms with Crippen molar-refractivity contribution >= 4 is 23.2 Å². The van der Waals surface area contributed by atoms with Gasteiger partial charge >= 0.3 is 0 Å². The van der Waals surface area contributed by atoms with Crippen LogP contribution in [-0.4, -0.2) is 48.4 Å². The SMILES string of the molecule is CCN1CCN(Cc2ccc(NC(=O)c3ccc(Cl)cc3F)cc2)CC1. The number of hydrogen-bond donors (Lipinski definition) is 1. The van der Waals surface area contributed by atoms with E-state index in [1.807, 2.05) is 24.3 Å². The van der Waals surface area contributed by atoms with Crippen molar-refractivity contribution in [3.63, 3.8) is 0 Å². The van der Waals surface area contributed by atoms with Gasteiger partial charge in [0.05, 0.1) is 5.56 Å². The van der Waals surface area contributed by atoms with E-state index in [1.54, 1.807) is 0 Å². The molecule has 0 bridgehead atoms. The summed E-state index contributed by atoms with van der Waals surface area (Å²) in [6.45, 7) is 8.56. The fraction of sp³-hybridized carbons (Fsp3) is 0.350. The topological polar surface area (TPSA) is 35.6 Å². The predicted octanol–water partition coefficient (Wildman–Crippen LogP) is 3.87. The lowest BCUT2D eigenvalue weighted by Gasteiger charge is -2.34. The molecular weight excluding hydrogens is 353 g/mol. The van der Waals surface area contributed by atoms with Crippen LogP contribution in [0.5, 0.6) is 0 Å². The van der Waals surface area contributed by atoms with Crippen LogP contribution in [0.3, 0.4) is 0 Å². The zero-order valence-electron chi connectivity index (χ0n) is 14.8. The Morgan fingerprint density at radius 3 is 2.35 bits per heavy atom. The summed E-state index contributed by atoms with van der Waals surface area (Å²) < 4.78 is 13.8. The van der Waals surface area contributed by atoms with E-state index in [0.29, 0.717) is 5.69 Å². The molecule has 0 spiro atoms. The van der Waals surface area contributed by atoms with Gasteiger partial charge in [0.1, 0.15) is 5.82 Å². The summed E-state index contributed by atoms with van der Waals surface area (Å²) >= 11 is 5.72. The molecule has 1 fully saturated rings. The number of anilines is 1. The average Bonchev–Trinajstić information content (AvgIpc) is 2.64. The number of piperazine rings is 1. The Bertz CT molecular complexity index is 758. The second-order valence-electron chi connectivity index (χ2n) is 6.49. The molecule has 0 radical (unpaired) electrons. The van der Waals surface area contributed by atoms with Gasteiger partial charge in [-0.05, 0) is 42.4 Å². The van der Waals surface area contributed by atoms with E-state index in [0.717, 1.165) is 45.3 Å². The molecule has 4 nitrogen and oxygen atoms in total. The Kier molecular flexibility index (Phi) is 6.25. The summed E-state index contributed by atoms with van der Waals surface area (Å²) in [5.41, 5.74) is 1.82. The molecule has 26 heavy (non-hydrogen) atoms. The Hall–Kier alpha value is -1.95. The molecule has 2 aromatic rings. The van der Waals surface area contributed by atoms with Crippen molar-refractivity contribution in [1.29, 1.82) is 0 Å². The molecule has 1 aliphatic rings. The molecule has 0 atom stereocenters. The van der Waals surface area contributed by atoms with Crippen molar-refractivity contribution in [1.82, 2.24) is 9.80 Å². The third-order valence-corrected chi connectivity index (χ3v) is 4.94. The molecule has 2 aromatic carbocycles. The van der Waals surface area contributed by atoms with Crippen molar-refractivity contribution < 1.29 is 9.18 Å². The van der Waals surface area contributed by atoms with E-state index in [1.165, 1.54) is 17.7 Å². The Labute approximate surface area is 158 Å². The summed E-state index contributed by atoms with van der Waals surface area (Å²) in [5, 5.41) is 2.99. The first-order valence-electron chi connectivity index (χ1n) is 8.85. The van der Waals surface area contributed by atoms with Gasteiger partial charge in [-0.1, -0.05) is 30.7 Å². The standard InChI is InChI=1S/C20H23ClFN3O/c1-2-24-9-11-25(12-10-24)14-15-3-6-17(7-4-15)23-20(26)18-8-5-16(21)13-19(18)22/h3-8,13H,2,9-12,14H2,1H3,(H,23,26). The molecular formula is C20H23ClFN3O. The van der Waals surface area contributed by atoms with Crippen molar-refractivity contribution in [2.75, 3.05) is 38.0 Å². The van der Waals surface area contributed by atoms with Gasteiger partial charge in [0.2, 0.25) is 0 Å². The molecule has 1 amide bonds. The number of nitrogens with zero attached hydrogens (tertiary/aromatic N) is 2. The average molecular weight is 376 g/mol. The smallest absolute Gasteiger partial charge is 0.258 e. The molecule has 1 N–H and O–H groups in total. The number of amides is 1. The third kappa shape index (κ3) is 4.81. The predicted molar refractivity (Wildman–Crippen MR) is 103 cm³/mol. The van der Waals surface area contributed by atoms with E-state index in [4.69, 9.17) is 11.6 Å². The number of hydrogen-bond acceptors (Lipinski definition) is 3. The molecule has 0 saturated carbocycles. The second-order valence-corrected chi connectivity index (χ2v) is 6.92. The summed E-state index contributed by atoms with van der Waals surface area (Å²) in [6, 6.07) is 11.7. The first-order valence-corrected chi connectivity index (χ1v) is 9.23. The summed E-state index contributed by atoms with van der Waals surface area (Å²) in [5.74, 6) is -1.11. The number of benzene rings is 2. The second kappa shape index (κ2) is 8.62. The van der Waals surface area contributed by atoms with Gasteiger partial charge in [-0.2, -0.15) is 0 Å². The van der Waals surface area contributed by atoms with Crippen LogP contribution in [0.15, 0.2) is 42.5 Å². The van der Waals surface area contributed by atoms with Crippen LogP contribution in [0.25, 0.3) is 0 Å². The number of likely N-dealkylation sites (N-methyl/N-ethyl adjacent to an activating group) is 1. The minimum Gasteiger partial charge on any atom is -0.322 e. The molecule has 0 aliphatic carbocycles. The minimum atomic E-state index is -0.627. The van der Waals surface area contributed by atoms with E-state index in [9.17, 15) is 9.18 Å². The maximum atomic E-state index is 13.8. The van der Waals surface area contributed by atoms with Gasteiger partial charge in [-0.25, -0.2) is 4.39 Å². The van der Waals surface area contributed by atoms with Crippen LogP contribution in [0.4, 0.5) is 10.1 Å². The summed E-state index contributed by atoms with van der Waals surface area (Å²) in [7, 11) is 0. The number of carbonyl (C=O) groups is 1. The molecule has 0 unspecified atom stereocenters. The molecule has 1 aliphatic heterocycles. The Morgan fingerprint density at radius 1 is 1.08 bits per heavy atom. The van der Waals surface area contributed by atoms with E-state index in [-0.39, 0.29) is 10.6 Å². The molecule has 1 saturated heterocycles. The van der Waals surface area contributed by atoms with Crippen molar-refractivity contribution in [2.24, 2.45) is 0 Å². The van der Waals surface area contributed by atoms with Crippen LogP contribution in [0, 0.1) is 5.82 Å². The van der Waals surface area contributed by atoms with Crippen LogP contribution < -0.4 is 5.32 Å². The van der Waals surface area contributed by atoms with Crippen LogP contribution in [-0.2, 0) is 6.54 Å². The highest BCUT2D eigenvalue weighted by Crippen LogP contribution is 2.17. The number of carbonyl (C=O) groups excluding carboxylic acids is 1. The van der Waals surface area contributed by atoms with Gasteiger partial charge < -0.3 is 10.2 Å². The maximum absolute atomic E-state index is 13.8. The molecule has 6 heteroatoms. The van der Waals surface area contributed by atoms with Crippen LogP contribution in [0.1, 0.15) is 22.8 Å². The first-order chi connectivity index (χ1) is 12.5. The largest absolute Gasteiger partial charge is 0.322 e. The van der Waals surface area contributed by atoms with Gasteiger partial charge in [-0.15, -0.1) is 0 Å². The number of halogens is 2. The molecule has 138 valence electrons. The van der Waals surface area contributed by atoms with Crippen molar-refractivity contribution in [3.05, 3.63) is 64.4 Å². The normalized spacial score (nSPS) is 15.8. The first kappa shape index (κ1) is 18.8. The third-order valence-electron chi connectivity index (χ3n) is 4.71. The van der Waals surface area contributed by atoms with E-state index in [2.05, 4.69) is 22.0 Å². The van der Waals surface area contributed by atoms with Crippen LogP contribution in [0.2, 0.25) is 5.02 Å². The number of rotatable bonds is 5. The summed E-state index contributed by atoms with van der Waals surface area (Å²) in [6.07, 6.45) is 0. The Morgan fingerprint density at radius 2 is 1.73 bits per heavy atom. The highest BCUT2D eigenvalue weighted by molar-refractivity contribution is 6.30.